The Bertz CT molecular complexity index is 358. The van der Waals surface area contributed by atoms with Gasteiger partial charge in [0, 0.05) is 36.3 Å². The maximum atomic E-state index is 6.31. The van der Waals surface area contributed by atoms with E-state index in [1.54, 1.807) is 0 Å². The first-order valence-electron chi connectivity index (χ1n) is 6.64. The molecule has 0 bridgehead atoms. The molecule has 2 rings (SSSR count). The predicted octanol–water partition coefficient (Wildman–Crippen LogP) is 2.05. The summed E-state index contributed by atoms with van der Waals surface area (Å²) in [6.45, 7) is 8.56. The van der Waals surface area contributed by atoms with Crippen molar-refractivity contribution >= 4 is 11.8 Å². The summed E-state index contributed by atoms with van der Waals surface area (Å²) < 4.78 is 0. The quantitative estimate of drug-likeness (QED) is 0.818. The summed E-state index contributed by atoms with van der Waals surface area (Å²) >= 11 is 1.89. The smallest absolute Gasteiger partial charge is 0.0836 e. The molecule has 0 aliphatic carbocycles. The molecule has 1 saturated heterocycles. The summed E-state index contributed by atoms with van der Waals surface area (Å²) in [7, 11) is 0. The van der Waals surface area contributed by atoms with Crippen molar-refractivity contribution in [2.45, 2.75) is 30.2 Å². The lowest BCUT2D eigenvalue weighted by atomic mass is 10.1. The molecule has 0 saturated carbocycles. The Balaban J connectivity index is 1.99. The van der Waals surface area contributed by atoms with Crippen molar-refractivity contribution in [1.29, 1.82) is 0 Å². The SMILES string of the molecule is CC(C)Sc1ccc(C(N)N2CCNCC2)cc1. The van der Waals surface area contributed by atoms with E-state index in [2.05, 4.69) is 48.3 Å². The molecule has 0 radical (unpaired) electrons. The molecule has 0 spiro atoms. The van der Waals surface area contributed by atoms with Crippen LogP contribution in [-0.4, -0.2) is 36.3 Å². The summed E-state index contributed by atoms with van der Waals surface area (Å²) in [6, 6.07) is 8.69. The van der Waals surface area contributed by atoms with Gasteiger partial charge < -0.3 is 11.1 Å². The number of piperazine rings is 1. The number of nitrogens with two attached hydrogens (primary N) is 1. The molecule has 1 aliphatic rings. The molecule has 1 unspecified atom stereocenters. The molecule has 0 amide bonds. The molecule has 4 heteroatoms. The van der Waals surface area contributed by atoms with E-state index in [-0.39, 0.29) is 6.17 Å². The lowest BCUT2D eigenvalue weighted by Gasteiger charge is -2.32. The molecule has 1 heterocycles. The van der Waals surface area contributed by atoms with Gasteiger partial charge in [0.2, 0.25) is 0 Å². The highest BCUT2D eigenvalue weighted by Crippen LogP contribution is 2.25. The molecule has 3 nitrogen and oxygen atoms in total. The number of hydrogen-bond donors (Lipinski definition) is 2. The molecular formula is C14H23N3S. The second-order valence-electron chi connectivity index (χ2n) is 4.97. The van der Waals surface area contributed by atoms with Crippen LogP contribution < -0.4 is 11.1 Å². The molecule has 18 heavy (non-hydrogen) atoms. The number of hydrogen-bond acceptors (Lipinski definition) is 4. The first kappa shape index (κ1) is 13.9. The number of thioether (sulfide) groups is 1. The predicted molar refractivity (Wildman–Crippen MR) is 78.8 cm³/mol. The van der Waals surface area contributed by atoms with Crippen LogP contribution in [0.25, 0.3) is 0 Å². The number of nitrogens with zero attached hydrogens (tertiary/aromatic N) is 1. The van der Waals surface area contributed by atoms with Crippen molar-refractivity contribution in [2.75, 3.05) is 26.2 Å². The molecule has 1 fully saturated rings. The zero-order valence-electron chi connectivity index (χ0n) is 11.2. The van der Waals surface area contributed by atoms with Crippen LogP contribution in [0.2, 0.25) is 0 Å². The maximum absolute atomic E-state index is 6.31. The molecular weight excluding hydrogens is 242 g/mol. The topological polar surface area (TPSA) is 41.3 Å². The second kappa shape index (κ2) is 6.57. The van der Waals surface area contributed by atoms with Crippen molar-refractivity contribution in [2.24, 2.45) is 5.73 Å². The zero-order chi connectivity index (χ0) is 13.0. The number of nitrogens with one attached hydrogen (secondary N) is 1. The Kier molecular flexibility index (Phi) is 5.06. The van der Waals surface area contributed by atoms with Crippen LogP contribution in [0, 0.1) is 0 Å². The fourth-order valence-corrected chi connectivity index (χ4v) is 3.02. The third kappa shape index (κ3) is 3.72. The Hall–Kier alpha value is -0.550. The van der Waals surface area contributed by atoms with E-state index >= 15 is 0 Å². The van der Waals surface area contributed by atoms with Gasteiger partial charge in [0.25, 0.3) is 0 Å². The van der Waals surface area contributed by atoms with Gasteiger partial charge in [0.15, 0.2) is 0 Å². The fourth-order valence-electron chi connectivity index (χ4n) is 2.19. The van der Waals surface area contributed by atoms with Crippen LogP contribution in [0.4, 0.5) is 0 Å². The summed E-state index contributed by atoms with van der Waals surface area (Å²) in [6.07, 6.45) is 0.0326. The summed E-state index contributed by atoms with van der Waals surface area (Å²) in [5.41, 5.74) is 7.53. The van der Waals surface area contributed by atoms with Gasteiger partial charge in [-0.25, -0.2) is 0 Å². The minimum absolute atomic E-state index is 0.0326. The van der Waals surface area contributed by atoms with E-state index < -0.39 is 0 Å². The van der Waals surface area contributed by atoms with Crippen molar-refractivity contribution in [1.82, 2.24) is 10.2 Å². The average molecular weight is 265 g/mol. The molecule has 1 aromatic rings. The Labute approximate surface area is 114 Å². The van der Waals surface area contributed by atoms with E-state index in [0.29, 0.717) is 5.25 Å². The van der Waals surface area contributed by atoms with Crippen LogP contribution in [0.5, 0.6) is 0 Å². The van der Waals surface area contributed by atoms with Crippen molar-refractivity contribution in [3.63, 3.8) is 0 Å². The normalized spacial score (nSPS) is 19.1. The maximum Gasteiger partial charge on any atom is 0.0836 e. The largest absolute Gasteiger partial charge is 0.314 e. The van der Waals surface area contributed by atoms with Crippen LogP contribution >= 0.6 is 11.8 Å². The van der Waals surface area contributed by atoms with Gasteiger partial charge >= 0.3 is 0 Å². The van der Waals surface area contributed by atoms with E-state index in [1.807, 2.05) is 11.8 Å². The Morgan fingerprint density at radius 3 is 2.33 bits per heavy atom. The van der Waals surface area contributed by atoms with Gasteiger partial charge in [-0.15, -0.1) is 11.8 Å². The highest BCUT2D eigenvalue weighted by Gasteiger charge is 2.18. The minimum Gasteiger partial charge on any atom is -0.314 e. The van der Waals surface area contributed by atoms with Gasteiger partial charge in [0.1, 0.15) is 0 Å². The third-order valence-electron chi connectivity index (χ3n) is 3.14. The van der Waals surface area contributed by atoms with E-state index in [4.69, 9.17) is 5.73 Å². The van der Waals surface area contributed by atoms with E-state index in [0.717, 1.165) is 26.2 Å². The number of benzene rings is 1. The van der Waals surface area contributed by atoms with Crippen molar-refractivity contribution in [3.05, 3.63) is 29.8 Å². The summed E-state index contributed by atoms with van der Waals surface area (Å²) in [5, 5.41) is 3.97. The first-order valence-corrected chi connectivity index (χ1v) is 7.52. The van der Waals surface area contributed by atoms with Gasteiger partial charge in [-0.1, -0.05) is 26.0 Å². The van der Waals surface area contributed by atoms with E-state index in [1.165, 1.54) is 10.5 Å². The second-order valence-corrected chi connectivity index (χ2v) is 6.62. The first-order chi connectivity index (χ1) is 8.66. The van der Waals surface area contributed by atoms with Gasteiger partial charge in [-0.3, -0.25) is 4.90 Å². The third-order valence-corrected chi connectivity index (χ3v) is 4.15. The molecule has 3 N–H and O–H groups in total. The van der Waals surface area contributed by atoms with Crippen LogP contribution in [0.3, 0.4) is 0 Å². The van der Waals surface area contributed by atoms with Crippen molar-refractivity contribution < 1.29 is 0 Å². The monoisotopic (exact) mass is 265 g/mol. The minimum atomic E-state index is 0.0326. The lowest BCUT2D eigenvalue weighted by Crippen LogP contribution is -2.47. The summed E-state index contributed by atoms with van der Waals surface area (Å²) in [4.78, 5) is 3.66. The van der Waals surface area contributed by atoms with E-state index in [9.17, 15) is 0 Å². The van der Waals surface area contributed by atoms with Gasteiger partial charge in [-0.05, 0) is 17.7 Å². The Morgan fingerprint density at radius 2 is 1.78 bits per heavy atom. The lowest BCUT2D eigenvalue weighted by molar-refractivity contribution is 0.177. The van der Waals surface area contributed by atoms with Crippen LogP contribution in [0.15, 0.2) is 29.2 Å². The Morgan fingerprint density at radius 1 is 1.17 bits per heavy atom. The molecule has 1 aliphatic heterocycles. The molecule has 1 aromatic carbocycles. The van der Waals surface area contributed by atoms with Gasteiger partial charge in [0.05, 0.1) is 6.17 Å². The number of rotatable bonds is 4. The van der Waals surface area contributed by atoms with Crippen molar-refractivity contribution in [3.8, 4) is 0 Å². The fraction of sp³-hybridized carbons (Fsp3) is 0.571. The van der Waals surface area contributed by atoms with Gasteiger partial charge in [-0.2, -0.15) is 0 Å². The molecule has 0 aromatic heterocycles. The highest BCUT2D eigenvalue weighted by molar-refractivity contribution is 7.99. The molecule has 1 atom stereocenters. The highest BCUT2D eigenvalue weighted by atomic mass is 32.2. The van der Waals surface area contributed by atoms with Crippen LogP contribution in [-0.2, 0) is 0 Å². The van der Waals surface area contributed by atoms with Crippen LogP contribution in [0.1, 0.15) is 25.6 Å². The molecule has 100 valence electrons. The zero-order valence-corrected chi connectivity index (χ0v) is 12.0. The summed E-state index contributed by atoms with van der Waals surface area (Å²) in [5.74, 6) is 0. The average Bonchev–Trinajstić information content (AvgIpc) is 2.39. The standard InChI is InChI=1S/C14H23N3S/c1-11(2)18-13-5-3-12(4-6-13)14(15)17-9-7-16-8-10-17/h3-6,11,14,16H,7-10,15H2,1-2H3.